The van der Waals surface area contributed by atoms with E-state index in [0.29, 0.717) is 28.8 Å². The zero-order valence-electron chi connectivity index (χ0n) is 16.9. The van der Waals surface area contributed by atoms with Gasteiger partial charge in [0.15, 0.2) is 11.5 Å². The number of hydrogen-bond donors (Lipinski definition) is 1. The van der Waals surface area contributed by atoms with E-state index in [1.54, 1.807) is 32.4 Å². The van der Waals surface area contributed by atoms with Gasteiger partial charge >= 0.3 is 6.03 Å². The molecule has 3 aromatic carbocycles. The first-order valence-corrected chi connectivity index (χ1v) is 10.1. The highest BCUT2D eigenvalue weighted by Gasteiger charge is 2.33. The fourth-order valence-electron chi connectivity index (χ4n) is 3.93. The van der Waals surface area contributed by atoms with Crippen LogP contribution in [-0.4, -0.2) is 31.7 Å². The van der Waals surface area contributed by atoms with E-state index >= 15 is 0 Å². The molecule has 4 rings (SSSR count). The third-order valence-electron chi connectivity index (χ3n) is 5.38. The number of benzene rings is 3. The molecule has 0 aromatic heterocycles. The molecule has 0 radical (unpaired) electrons. The van der Waals surface area contributed by atoms with Crippen LogP contribution in [0.3, 0.4) is 0 Å². The normalized spacial score (nSPS) is 15.3. The maximum atomic E-state index is 13.3. The number of nitrogens with zero attached hydrogens (tertiary/aromatic N) is 1. The summed E-state index contributed by atoms with van der Waals surface area (Å²) in [5.74, 6) is 1.17. The molecule has 0 bridgehead atoms. The van der Waals surface area contributed by atoms with Gasteiger partial charge in [0.05, 0.1) is 20.3 Å². The van der Waals surface area contributed by atoms with E-state index in [4.69, 9.17) is 21.1 Å². The monoisotopic (exact) mass is 422 g/mol. The molecule has 0 aliphatic carbocycles. The van der Waals surface area contributed by atoms with Crippen molar-refractivity contribution < 1.29 is 14.3 Å². The van der Waals surface area contributed by atoms with Crippen molar-refractivity contribution in [1.82, 2.24) is 4.90 Å². The van der Waals surface area contributed by atoms with Gasteiger partial charge in [-0.3, -0.25) is 0 Å². The molecule has 0 saturated carbocycles. The topological polar surface area (TPSA) is 50.8 Å². The summed E-state index contributed by atoms with van der Waals surface area (Å²) in [6.45, 7) is 0.589. The SMILES string of the molecule is COc1ccc(NC(=O)N2CCc3ccccc3C2c2ccccc2Cl)cc1OC. The molecular formula is C24H23ClN2O3. The van der Waals surface area contributed by atoms with Gasteiger partial charge in [-0.05, 0) is 41.3 Å². The van der Waals surface area contributed by atoms with E-state index < -0.39 is 0 Å². The van der Waals surface area contributed by atoms with Crippen LogP contribution >= 0.6 is 11.6 Å². The number of ether oxygens (including phenoxy) is 2. The van der Waals surface area contributed by atoms with E-state index in [0.717, 1.165) is 17.5 Å². The number of carbonyl (C=O) groups excluding carboxylic acids is 1. The lowest BCUT2D eigenvalue weighted by molar-refractivity contribution is 0.194. The Labute approximate surface area is 181 Å². The first kappa shape index (κ1) is 20.1. The van der Waals surface area contributed by atoms with Gasteiger partial charge in [0.2, 0.25) is 0 Å². The summed E-state index contributed by atoms with van der Waals surface area (Å²) in [5.41, 5.74) is 3.88. The summed E-state index contributed by atoms with van der Waals surface area (Å²) in [4.78, 5) is 15.2. The lowest BCUT2D eigenvalue weighted by Gasteiger charge is -2.38. The second-order valence-corrected chi connectivity index (χ2v) is 7.47. The second-order valence-electron chi connectivity index (χ2n) is 7.07. The molecular weight excluding hydrogens is 400 g/mol. The minimum absolute atomic E-state index is 0.193. The van der Waals surface area contributed by atoms with Gasteiger partial charge in [-0.15, -0.1) is 0 Å². The number of fused-ring (bicyclic) bond motifs is 1. The lowest BCUT2D eigenvalue weighted by Crippen LogP contribution is -2.43. The van der Waals surface area contributed by atoms with Crippen molar-refractivity contribution >= 4 is 23.3 Å². The van der Waals surface area contributed by atoms with E-state index in [1.165, 1.54) is 5.56 Å². The van der Waals surface area contributed by atoms with Crippen LogP contribution in [0.25, 0.3) is 0 Å². The largest absolute Gasteiger partial charge is 0.493 e. The van der Waals surface area contributed by atoms with Crippen molar-refractivity contribution in [3.63, 3.8) is 0 Å². The number of rotatable bonds is 4. The van der Waals surface area contributed by atoms with Gasteiger partial charge < -0.3 is 19.7 Å². The van der Waals surface area contributed by atoms with Crippen molar-refractivity contribution in [2.45, 2.75) is 12.5 Å². The molecule has 1 heterocycles. The molecule has 154 valence electrons. The summed E-state index contributed by atoms with van der Waals surface area (Å²) in [5, 5.41) is 3.64. The Kier molecular flexibility index (Phi) is 5.81. The molecule has 0 fully saturated rings. The summed E-state index contributed by atoms with van der Waals surface area (Å²) >= 11 is 6.54. The number of methoxy groups -OCH3 is 2. The maximum absolute atomic E-state index is 13.3. The fourth-order valence-corrected chi connectivity index (χ4v) is 4.17. The Morgan fingerprint density at radius 2 is 1.67 bits per heavy atom. The molecule has 1 N–H and O–H groups in total. The molecule has 1 unspecified atom stereocenters. The fraction of sp³-hybridized carbons (Fsp3) is 0.208. The van der Waals surface area contributed by atoms with Crippen molar-refractivity contribution in [1.29, 1.82) is 0 Å². The predicted octanol–water partition coefficient (Wildman–Crippen LogP) is 5.54. The van der Waals surface area contributed by atoms with Crippen LogP contribution in [-0.2, 0) is 6.42 Å². The van der Waals surface area contributed by atoms with Gasteiger partial charge in [-0.2, -0.15) is 0 Å². The Bertz CT molecular complexity index is 1070. The van der Waals surface area contributed by atoms with Gasteiger partial charge in [-0.1, -0.05) is 54.1 Å². The number of hydrogen-bond acceptors (Lipinski definition) is 3. The number of carbonyl (C=O) groups is 1. The van der Waals surface area contributed by atoms with Crippen LogP contribution in [0.5, 0.6) is 11.5 Å². The van der Waals surface area contributed by atoms with Crippen LogP contribution in [0.4, 0.5) is 10.5 Å². The molecule has 2 amide bonds. The van der Waals surface area contributed by atoms with Crippen molar-refractivity contribution in [3.05, 3.63) is 88.4 Å². The van der Waals surface area contributed by atoms with Crippen molar-refractivity contribution in [2.75, 3.05) is 26.1 Å². The average molecular weight is 423 g/mol. The number of urea groups is 1. The van der Waals surface area contributed by atoms with Crippen molar-refractivity contribution in [2.24, 2.45) is 0 Å². The van der Waals surface area contributed by atoms with Crippen LogP contribution in [0.2, 0.25) is 5.02 Å². The zero-order chi connectivity index (χ0) is 21.1. The van der Waals surface area contributed by atoms with Gasteiger partial charge in [-0.25, -0.2) is 4.79 Å². The molecule has 1 atom stereocenters. The smallest absolute Gasteiger partial charge is 0.322 e. The molecule has 1 aliphatic rings. The highest BCUT2D eigenvalue weighted by Crippen LogP contribution is 2.38. The third kappa shape index (κ3) is 3.81. The molecule has 0 saturated heterocycles. The second kappa shape index (κ2) is 8.67. The van der Waals surface area contributed by atoms with Gasteiger partial charge in [0.1, 0.15) is 0 Å². The van der Waals surface area contributed by atoms with Crippen molar-refractivity contribution in [3.8, 4) is 11.5 Å². The summed E-state index contributed by atoms with van der Waals surface area (Å²) in [7, 11) is 3.15. The van der Waals surface area contributed by atoms with Gasteiger partial charge in [0.25, 0.3) is 0 Å². The first-order valence-electron chi connectivity index (χ1n) is 9.74. The Hall–Kier alpha value is -3.18. The molecule has 1 aliphatic heterocycles. The van der Waals surface area contributed by atoms with E-state index in [2.05, 4.69) is 17.4 Å². The Morgan fingerprint density at radius 1 is 0.967 bits per heavy atom. The number of halogens is 1. The standard InChI is InChI=1S/C24H23ClN2O3/c1-29-21-12-11-17(15-22(21)30-2)26-24(28)27-14-13-16-7-3-4-8-18(16)23(27)19-9-5-6-10-20(19)25/h3-12,15,23H,13-14H2,1-2H3,(H,26,28). The minimum Gasteiger partial charge on any atom is -0.493 e. The highest BCUT2D eigenvalue weighted by atomic mass is 35.5. The summed E-state index contributed by atoms with van der Waals surface area (Å²) < 4.78 is 10.6. The minimum atomic E-state index is -0.260. The number of amides is 2. The van der Waals surface area contributed by atoms with E-state index in [9.17, 15) is 4.79 Å². The zero-order valence-corrected chi connectivity index (χ0v) is 17.6. The predicted molar refractivity (Wildman–Crippen MR) is 119 cm³/mol. The highest BCUT2D eigenvalue weighted by molar-refractivity contribution is 6.31. The molecule has 3 aromatic rings. The summed E-state index contributed by atoms with van der Waals surface area (Å²) in [6, 6.07) is 20.8. The molecule has 0 spiro atoms. The molecule has 30 heavy (non-hydrogen) atoms. The first-order chi connectivity index (χ1) is 14.6. The Balaban J connectivity index is 1.68. The number of nitrogens with one attached hydrogen (secondary N) is 1. The Morgan fingerprint density at radius 3 is 2.40 bits per heavy atom. The quantitative estimate of drug-likeness (QED) is 0.600. The molecule has 6 heteroatoms. The van der Waals surface area contributed by atoms with E-state index in [-0.39, 0.29) is 12.1 Å². The van der Waals surface area contributed by atoms with Crippen LogP contribution in [0.1, 0.15) is 22.7 Å². The van der Waals surface area contributed by atoms with E-state index in [1.807, 2.05) is 41.3 Å². The maximum Gasteiger partial charge on any atom is 0.322 e. The number of anilines is 1. The lowest BCUT2D eigenvalue weighted by atomic mass is 9.88. The van der Waals surface area contributed by atoms with Gasteiger partial charge in [0, 0.05) is 23.3 Å². The van der Waals surface area contributed by atoms with Crippen LogP contribution < -0.4 is 14.8 Å². The molecule has 5 nitrogen and oxygen atoms in total. The average Bonchev–Trinajstić information content (AvgIpc) is 2.78. The van der Waals surface area contributed by atoms with Crippen LogP contribution in [0.15, 0.2) is 66.7 Å². The summed E-state index contributed by atoms with van der Waals surface area (Å²) in [6.07, 6.45) is 0.788. The third-order valence-corrected chi connectivity index (χ3v) is 5.72. The van der Waals surface area contributed by atoms with Crippen LogP contribution in [0, 0.1) is 0 Å².